The number of ether oxygens (including phenoxy) is 1. The zero-order valence-corrected chi connectivity index (χ0v) is 9.99. The molecule has 1 aliphatic rings. The van der Waals surface area contributed by atoms with Crippen LogP contribution in [0.25, 0.3) is 0 Å². The number of rotatable bonds is 1. The lowest BCUT2D eigenvalue weighted by atomic mass is 10.2. The van der Waals surface area contributed by atoms with Crippen LogP contribution in [0.4, 0.5) is 0 Å². The molecule has 15 heavy (non-hydrogen) atoms. The third-order valence-corrected chi connectivity index (χ3v) is 2.99. The van der Waals surface area contributed by atoms with E-state index in [0.29, 0.717) is 29.9 Å². The zero-order valence-electron chi connectivity index (χ0n) is 8.40. The van der Waals surface area contributed by atoms with E-state index in [9.17, 15) is 4.79 Å². The Morgan fingerprint density at radius 2 is 2.47 bits per heavy atom. The first-order chi connectivity index (χ1) is 7.18. The van der Waals surface area contributed by atoms with Gasteiger partial charge in [-0.1, -0.05) is 0 Å². The van der Waals surface area contributed by atoms with Crippen molar-refractivity contribution in [3.05, 3.63) is 22.6 Å². The van der Waals surface area contributed by atoms with E-state index in [1.54, 1.807) is 11.0 Å². The zero-order chi connectivity index (χ0) is 10.8. The molecule has 5 heteroatoms. The lowest BCUT2D eigenvalue weighted by molar-refractivity contribution is -0.0124. The molecule has 2 heterocycles. The summed E-state index contributed by atoms with van der Waals surface area (Å²) in [4.78, 5) is 13.8. The van der Waals surface area contributed by atoms with Gasteiger partial charge in [0.1, 0.15) is 0 Å². The molecule has 0 aromatic carbocycles. The summed E-state index contributed by atoms with van der Waals surface area (Å²) in [7, 11) is 0. The van der Waals surface area contributed by atoms with Gasteiger partial charge in [0.15, 0.2) is 4.67 Å². The van der Waals surface area contributed by atoms with E-state index in [-0.39, 0.29) is 12.0 Å². The molecule has 1 saturated heterocycles. The predicted octanol–water partition coefficient (Wildman–Crippen LogP) is 1.90. The van der Waals surface area contributed by atoms with E-state index in [1.165, 1.54) is 6.26 Å². The first-order valence-corrected chi connectivity index (χ1v) is 5.61. The van der Waals surface area contributed by atoms with Crippen LogP contribution >= 0.6 is 15.9 Å². The first kappa shape index (κ1) is 10.7. The Morgan fingerprint density at radius 1 is 1.67 bits per heavy atom. The van der Waals surface area contributed by atoms with E-state index < -0.39 is 0 Å². The van der Waals surface area contributed by atoms with Crippen LogP contribution in [0, 0.1) is 0 Å². The van der Waals surface area contributed by atoms with Crippen molar-refractivity contribution in [1.82, 2.24) is 4.90 Å². The van der Waals surface area contributed by atoms with Crippen molar-refractivity contribution in [3.63, 3.8) is 0 Å². The third-order valence-electron chi connectivity index (χ3n) is 2.38. The van der Waals surface area contributed by atoms with Gasteiger partial charge >= 0.3 is 0 Å². The standard InChI is InChI=1S/C10H12BrNO3/c1-7-6-12(3-5-14-7)10(13)8-2-4-15-9(8)11/h2,4,7H,3,5-6H2,1H3. The number of morpholine rings is 1. The largest absolute Gasteiger partial charge is 0.457 e. The van der Waals surface area contributed by atoms with Crippen molar-refractivity contribution < 1.29 is 13.9 Å². The highest BCUT2D eigenvalue weighted by molar-refractivity contribution is 9.10. The fourth-order valence-electron chi connectivity index (χ4n) is 1.62. The minimum absolute atomic E-state index is 0.00854. The van der Waals surface area contributed by atoms with Gasteiger partial charge in [0.2, 0.25) is 0 Å². The second kappa shape index (κ2) is 4.37. The van der Waals surface area contributed by atoms with Crippen LogP contribution in [0.1, 0.15) is 17.3 Å². The van der Waals surface area contributed by atoms with Crippen molar-refractivity contribution in [1.29, 1.82) is 0 Å². The van der Waals surface area contributed by atoms with Gasteiger partial charge in [0.25, 0.3) is 5.91 Å². The normalized spacial score (nSPS) is 21.7. The van der Waals surface area contributed by atoms with Crippen LogP contribution < -0.4 is 0 Å². The maximum atomic E-state index is 12.0. The van der Waals surface area contributed by atoms with Crippen molar-refractivity contribution in [2.45, 2.75) is 13.0 Å². The second-order valence-electron chi connectivity index (χ2n) is 3.54. The molecule has 0 N–H and O–H groups in total. The quantitative estimate of drug-likeness (QED) is 0.785. The number of hydrogen-bond acceptors (Lipinski definition) is 3. The minimum atomic E-state index is -0.00854. The van der Waals surface area contributed by atoms with Crippen LogP contribution in [0.15, 0.2) is 21.4 Å². The lowest BCUT2D eigenvalue weighted by Crippen LogP contribution is -2.44. The molecule has 0 saturated carbocycles. The Morgan fingerprint density at radius 3 is 3.07 bits per heavy atom. The molecular weight excluding hydrogens is 262 g/mol. The van der Waals surface area contributed by atoms with Crippen molar-refractivity contribution in [3.8, 4) is 0 Å². The summed E-state index contributed by atoms with van der Waals surface area (Å²) >= 11 is 3.20. The molecule has 1 aromatic rings. The number of furan rings is 1. The van der Waals surface area contributed by atoms with E-state index in [2.05, 4.69) is 15.9 Å². The lowest BCUT2D eigenvalue weighted by Gasteiger charge is -2.30. The van der Waals surface area contributed by atoms with E-state index >= 15 is 0 Å². The van der Waals surface area contributed by atoms with E-state index in [0.717, 1.165) is 0 Å². The number of amides is 1. The molecule has 1 aromatic heterocycles. The summed E-state index contributed by atoms with van der Waals surface area (Å²) in [5.74, 6) is -0.00854. The Bertz CT molecular complexity index is 363. The van der Waals surface area contributed by atoms with E-state index in [4.69, 9.17) is 9.15 Å². The Labute approximate surface area is 96.3 Å². The Kier molecular flexibility index (Phi) is 3.11. The maximum Gasteiger partial charge on any atom is 0.258 e. The fourth-order valence-corrected chi connectivity index (χ4v) is 2.03. The van der Waals surface area contributed by atoms with Gasteiger partial charge in [-0.15, -0.1) is 0 Å². The molecule has 0 spiro atoms. The summed E-state index contributed by atoms with van der Waals surface area (Å²) in [5, 5.41) is 0. The molecule has 1 atom stereocenters. The van der Waals surface area contributed by atoms with Gasteiger partial charge in [-0.25, -0.2) is 0 Å². The van der Waals surface area contributed by atoms with Crippen LogP contribution in [-0.4, -0.2) is 36.6 Å². The molecule has 1 aliphatic heterocycles. The van der Waals surface area contributed by atoms with Crippen LogP contribution in [0.5, 0.6) is 0 Å². The van der Waals surface area contributed by atoms with E-state index in [1.807, 2.05) is 6.92 Å². The Balaban J connectivity index is 2.11. The first-order valence-electron chi connectivity index (χ1n) is 4.82. The fraction of sp³-hybridized carbons (Fsp3) is 0.500. The molecule has 4 nitrogen and oxygen atoms in total. The van der Waals surface area contributed by atoms with Gasteiger partial charge in [0.05, 0.1) is 24.5 Å². The molecule has 0 aliphatic carbocycles. The highest BCUT2D eigenvalue weighted by Gasteiger charge is 2.24. The van der Waals surface area contributed by atoms with Crippen molar-refractivity contribution in [2.24, 2.45) is 0 Å². The summed E-state index contributed by atoms with van der Waals surface area (Å²) < 4.78 is 10.9. The van der Waals surface area contributed by atoms with Crippen molar-refractivity contribution >= 4 is 21.8 Å². The Hall–Kier alpha value is -0.810. The van der Waals surface area contributed by atoms with Gasteiger partial charge < -0.3 is 14.1 Å². The maximum absolute atomic E-state index is 12.0. The number of carbonyl (C=O) groups excluding carboxylic acids is 1. The molecule has 82 valence electrons. The number of nitrogens with zero attached hydrogens (tertiary/aromatic N) is 1. The smallest absolute Gasteiger partial charge is 0.258 e. The van der Waals surface area contributed by atoms with Gasteiger partial charge in [-0.2, -0.15) is 0 Å². The average molecular weight is 274 g/mol. The number of hydrogen-bond donors (Lipinski definition) is 0. The molecule has 0 bridgehead atoms. The summed E-state index contributed by atoms with van der Waals surface area (Å²) in [6.45, 7) is 3.84. The molecule has 0 radical (unpaired) electrons. The molecular formula is C10H12BrNO3. The van der Waals surface area contributed by atoms with Gasteiger partial charge in [-0.3, -0.25) is 4.79 Å². The highest BCUT2D eigenvalue weighted by atomic mass is 79.9. The summed E-state index contributed by atoms with van der Waals surface area (Å²) in [5.41, 5.74) is 0.573. The minimum Gasteiger partial charge on any atom is -0.457 e. The van der Waals surface area contributed by atoms with Gasteiger partial charge in [0, 0.05) is 13.1 Å². The van der Waals surface area contributed by atoms with Crippen LogP contribution in [0.2, 0.25) is 0 Å². The van der Waals surface area contributed by atoms with Gasteiger partial charge in [-0.05, 0) is 28.9 Å². The highest BCUT2D eigenvalue weighted by Crippen LogP contribution is 2.20. The predicted molar refractivity (Wildman–Crippen MR) is 57.7 cm³/mol. The second-order valence-corrected chi connectivity index (χ2v) is 4.26. The van der Waals surface area contributed by atoms with Crippen molar-refractivity contribution in [2.75, 3.05) is 19.7 Å². The summed E-state index contributed by atoms with van der Waals surface area (Å²) in [6.07, 6.45) is 1.61. The monoisotopic (exact) mass is 273 g/mol. The molecule has 1 fully saturated rings. The van der Waals surface area contributed by atoms with Crippen LogP contribution in [-0.2, 0) is 4.74 Å². The molecule has 2 rings (SSSR count). The molecule has 1 amide bonds. The average Bonchev–Trinajstić information content (AvgIpc) is 2.63. The van der Waals surface area contributed by atoms with Crippen LogP contribution in [0.3, 0.4) is 0 Å². The third kappa shape index (κ3) is 2.23. The topological polar surface area (TPSA) is 42.7 Å². The molecule has 1 unspecified atom stereocenters. The summed E-state index contributed by atoms with van der Waals surface area (Å²) in [6, 6.07) is 1.67. The SMILES string of the molecule is CC1CN(C(=O)c2ccoc2Br)CCO1. The number of carbonyl (C=O) groups is 1. The number of halogens is 1.